The number of carbonyl (C=O) groups is 1. The largest absolute Gasteiger partial charge is 0.696 e. The Bertz CT molecular complexity index is 122. The van der Waals surface area contributed by atoms with E-state index < -0.39 is 14.2 Å². The maximum Gasteiger partial charge on any atom is 0.696 e. The Labute approximate surface area is 65.2 Å². The molecule has 6 nitrogen and oxygen atoms in total. The van der Waals surface area contributed by atoms with Gasteiger partial charge in [0, 0.05) is 4.57 Å². The van der Waals surface area contributed by atoms with Crippen molar-refractivity contribution in [2.24, 2.45) is 5.73 Å². The van der Waals surface area contributed by atoms with Gasteiger partial charge in [0.2, 0.25) is 0 Å². The first-order chi connectivity index (χ1) is 5.08. The molecular formula is C4H11NO5P+. The molecule has 0 spiro atoms. The molecule has 11 heavy (non-hydrogen) atoms. The highest BCUT2D eigenvalue weighted by Crippen LogP contribution is 2.18. The summed E-state index contributed by atoms with van der Waals surface area (Å²) in [6.07, 6.45) is 0. The molecular weight excluding hydrogens is 173 g/mol. The predicted molar refractivity (Wildman–Crippen MR) is 38.3 cm³/mol. The van der Waals surface area contributed by atoms with E-state index in [9.17, 15) is 9.36 Å². The van der Waals surface area contributed by atoms with E-state index in [4.69, 9.17) is 5.11 Å². The van der Waals surface area contributed by atoms with Crippen molar-refractivity contribution in [1.29, 1.82) is 0 Å². The maximum absolute atomic E-state index is 9.88. The van der Waals surface area contributed by atoms with Crippen molar-refractivity contribution in [2.45, 2.75) is 0 Å². The van der Waals surface area contributed by atoms with Crippen LogP contribution in [0.25, 0.3) is 0 Å². The summed E-state index contributed by atoms with van der Waals surface area (Å²) in [5, 5.41) is 7.60. The Morgan fingerprint density at radius 1 is 1.55 bits per heavy atom. The Morgan fingerprint density at radius 3 is 1.82 bits per heavy atom. The number of carboxylic acids is 1. The summed E-state index contributed by atoms with van der Waals surface area (Å²) in [7, 11) is 0.817. The van der Waals surface area contributed by atoms with E-state index in [1.54, 1.807) is 0 Å². The molecule has 66 valence electrons. The fourth-order valence-electron chi connectivity index (χ4n) is 0.0745. The maximum atomic E-state index is 9.88. The Hall–Kier alpha value is -0.550. The highest BCUT2D eigenvalue weighted by Gasteiger charge is 2.10. The highest BCUT2D eigenvalue weighted by molar-refractivity contribution is 7.33. The van der Waals surface area contributed by atoms with Crippen molar-refractivity contribution in [2.75, 3.05) is 20.8 Å². The molecule has 0 aliphatic carbocycles. The zero-order valence-electron chi connectivity index (χ0n) is 6.31. The Balaban J connectivity index is 0. The molecule has 0 bridgehead atoms. The van der Waals surface area contributed by atoms with E-state index in [1.165, 1.54) is 14.2 Å². The van der Waals surface area contributed by atoms with Crippen LogP contribution in [-0.4, -0.2) is 31.8 Å². The van der Waals surface area contributed by atoms with Crippen LogP contribution < -0.4 is 5.73 Å². The third kappa shape index (κ3) is 17.7. The van der Waals surface area contributed by atoms with Crippen LogP contribution in [-0.2, 0) is 18.4 Å². The van der Waals surface area contributed by atoms with Crippen LogP contribution in [0.4, 0.5) is 0 Å². The summed E-state index contributed by atoms with van der Waals surface area (Å²) in [5.41, 5.74) is 4.57. The van der Waals surface area contributed by atoms with Crippen LogP contribution in [0.1, 0.15) is 0 Å². The first-order valence-corrected chi connectivity index (χ1v) is 3.65. The highest BCUT2D eigenvalue weighted by atomic mass is 31.1. The van der Waals surface area contributed by atoms with Crippen LogP contribution in [0, 0.1) is 0 Å². The lowest BCUT2D eigenvalue weighted by Crippen LogP contribution is -2.10. The SMILES string of the molecule is CO[P+](=O)OC.NCC(=O)O. The molecule has 0 aliphatic heterocycles. The first-order valence-electron chi connectivity index (χ1n) is 2.55. The minimum atomic E-state index is -1.83. The van der Waals surface area contributed by atoms with Gasteiger partial charge in [-0.25, -0.2) is 0 Å². The molecule has 0 aromatic carbocycles. The van der Waals surface area contributed by atoms with Gasteiger partial charge in [-0.1, -0.05) is 0 Å². The predicted octanol–water partition coefficient (Wildman–Crippen LogP) is -0.0337. The van der Waals surface area contributed by atoms with Crippen molar-refractivity contribution >= 4 is 14.2 Å². The van der Waals surface area contributed by atoms with E-state index in [0.29, 0.717) is 0 Å². The molecule has 0 aromatic rings. The van der Waals surface area contributed by atoms with Crippen LogP contribution in [0.2, 0.25) is 0 Å². The Kier molecular flexibility index (Phi) is 11.2. The molecule has 0 amide bonds. The second-order valence-corrected chi connectivity index (χ2v) is 2.36. The summed E-state index contributed by atoms with van der Waals surface area (Å²) in [6, 6.07) is 0. The monoisotopic (exact) mass is 184 g/mol. The molecule has 3 N–H and O–H groups in total. The van der Waals surface area contributed by atoms with Gasteiger partial charge >= 0.3 is 14.2 Å². The van der Waals surface area contributed by atoms with Gasteiger partial charge in [-0.15, -0.1) is 9.05 Å². The van der Waals surface area contributed by atoms with E-state index in [0.717, 1.165) is 0 Å². The minimum absolute atomic E-state index is 0.278. The van der Waals surface area contributed by atoms with Gasteiger partial charge in [-0.3, -0.25) is 4.79 Å². The normalized spacial score (nSPS) is 7.91. The van der Waals surface area contributed by atoms with Gasteiger partial charge in [-0.2, -0.15) is 0 Å². The van der Waals surface area contributed by atoms with Crippen molar-refractivity contribution in [3.05, 3.63) is 0 Å². The smallest absolute Gasteiger partial charge is 0.480 e. The van der Waals surface area contributed by atoms with E-state index >= 15 is 0 Å². The average Bonchev–Trinajstić information content (AvgIpc) is 2.04. The van der Waals surface area contributed by atoms with Gasteiger partial charge in [0.15, 0.2) is 0 Å². The topological polar surface area (TPSA) is 98.9 Å². The van der Waals surface area contributed by atoms with Crippen LogP contribution in [0.3, 0.4) is 0 Å². The zero-order valence-corrected chi connectivity index (χ0v) is 7.21. The van der Waals surface area contributed by atoms with Gasteiger partial charge < -0.3 is 10.8 Å². The van der Waals surface area contributed by atoms with Crippen molar-refractivity contribution in [3.63, 3.8) is 0 Å². The molecule has 0 heterocycles. The first kappa shape index (κ1) is 13.1. The lowest BCUT2D eigenvalue weighted by molar-refractivity contribution is -0.135. The van der Waals surface area contributed by atoms with Crippen LogP contribution in [0.5, 0.6) is 0 Å². The Morgan fingerprint density at radius 2 is 1.82 bits per heavy atom. The standard InChI is InChI=1S/C2H5NO2.C2H6O3P/c3-1-2(4)5;1-4-6(3)5-2/h1,3H2,(H,4,5);1-2H3/q;+1. The van der Waals surface area contributed by atoms with E-state index in [-0.39, 0.29) is 6.54 Å². The van der Waals surface area contributed by atoms with E-state index in [2.05, 4.69) is 14.8 Å². The zero-order chi connectivity index (χ0) is 9.28. The number of rotatable bonds is 3. The van der Waals surface area contributed by atoms with Crippen LogP contribution in [0.15, 0.2) is 0 Å². The van der Waals surface area contributed by atoms with Crippen LogP contribution >= 0.6 is 8.25 Å². The molecule has 7 heteroatoms. The molecule has 0 unspecified atom stereocenters. The summed E-state index contributed by atoms with van der Waals surface area (Å²) in [5.74, 6) is -0.968. The summed E-state index contributed by atoms with van der Waals surface area (Å²) < 4.78 is 18.3. The lowest BCUT2D eigenvalue weighted by Gasteiger charge is -1.73. The minimum Gasteiger partial charge on any atom is -0.480 e. The number of aliphatic carboxylic acids is 1. The van der Waals surface area contributed by atoms with Crippen molar-refractivity contribution in [3.8, 4) is 0 Å². The number of hydrogen-bond acceptors (Lipinski definition) is 5. The van der Waals surface area contributed by atoms with Gasteiger partial charge in [-0.05, 0) is 0 Å². The molecule has 0 radical (unpaired) electrons. The molecule has 0 fully saturated rings. The fourth-order valence-corrected chi connectivity index (χ4v) is 0.224. The second kappa shape index (κ2) is 9.45. The summed E-state index contributed by atoms with van der Waals surface area (Å²) in [4.78, 5) is 9.24. The summed E-state index contributed by atoms with van der Waals surface area (Å²) >= 11 is 0. The van der Waals surface area contributed by atoms with Crippen molar-refractivity contribution in [1.82, 2.24) is 0 Å². The third-order valence-electron chi connectivity index (χ3n) is 0.473. The summed E-state index contributed by atoms with van der Waals surface area (Å²) in [6.45, 7) is -0.278. The quantitative estimate of drug-likeness (QED) is 0.597. The molecule has 0 aromatic heterocycles. The number of carboxylic acid groups (broad SMARTS) is 1. The fraction of sp³-hybridized carbons (Fsp3) is 0.750. The number of nitrogens with two attached hydrogens (primary N) is 1. The van der Waals surface area contributed by atoms with Gasteiger partial charge in [0.1, 0.15) is 0 Å². The molecule has 0 rings (SSSR count). The molecule has 0 aliphatic rings. The van der Waals surface area contributed by atoms with E-state index in [1.807, 2.05) is 0 Å². The molecule has 0 atom stereocenters. The second-order valence-electron chi connectivity index (χ2n) is 1.19. The molecule has 0 saturated carbocycles. The lowest BCUT2D eigenvalue weighted by atomic mass is 10.7. The third-order valence-corrected chi connectivity index (χ3v) is 1.07. The average molecular weight is 184 g/mol. The van der Waals surface area contributed by atoms with Gasteiger partial charge in [0.25, 0.3) is 0 Å². The number of hydrogen-bond donors (Lipinski definition) is 2. The van der Waals surface area contributed by atoms with Gasteiger partial charge in [0.05, 0.1) is 20.8 Å². The van der Waals surface area contributed by atoms with Crippen molar-refractivity contribution < 1.29 is 23.5 Å². The molecule has 0 saturated heterocycles.